The Morgan fingerprint density at radius 1 is 1.08 bits per heavy atom. The van der Waals surface area contributed by atoms with Crippen LogP contribution in [0.3, 0.4) is 0 Å². The zero-order valence-electron chi connectivity index (χ0n) is 14.8. The van der Waals surface area contributed by atoms with Crippen molar-refractivity contribution in [3.63, 3.8) is 0 Å². The van der Waals surface area contributed by atoms with Crippen molar-refractivity contribution in [3.05, 3.63) is 60.2 Å². The molecular formula is C19H24N2O3S. The zero-order chi connectivity index (χ0) is 18.4. The summed E-state index contributed by atoms with van der Waals surface area (Å²) in [6.45, 7) is 5.97. The van der Waals surface area contributed by atoms with Crippen LogP contribution in [0.25, 0.3) is 0 Å². The van der Waals surface area contributed by atoms with Crippen LogP contribution in [0, 0.1) is 0 Å². The minimum atomic E-state index is -3.74. The lowest BCUT2D eigenvalue weighted by Crippen LogP contribution is -2.33. The Balaban J connectivity index is 2.36. The number of amides is 1. The fraction of sp³-hybridized carbons (Fsp3) is 0.316. The van der Waals surface area contributed by atoms with E-state index < -0.39 is 10.0 Å². The lowest BCUT2D eigenvalue weighted by molar-refractivity contribution is 0.0939. The molecule has 0 radical (unpaired) electrons. The molecule has 0 heterocycles. The Hall–Kier alpha value is -2.34. The van der Waals surface area contributed by atoms with Crippen LogP contribution in [0.1, 0.15) is 37.6 Å². The van der Waals surface area contributed by atoms with Gasteiger partial charge in [-0.1, -0.05) is 31.2 Å². The lowest BCUT2D eigenvalue weighted by Gasteiger charge is -2.23. The van der Waals surface area contributed by atoms with Crippen LogP contribution in [0.4, 0.5) is 5.69 Å². The predicted octanol–water partition coefficient (Wildman–Crippen LogP) is 3.43. The third kappa shape index (κ3) is 4.39. The zero-order valence-corrected chi connectivity index (χ0v) is 15.6. The van der Waals surface area contributed by atoms with Crippen LogP contribution in [-0.2, 0) is 10.0 Å². The highest BCUT2D eigenvalue weighted by Crippen LogP contribution is 2.23. The maximum Gasteiger partial charge on any atom is 0.264 e. The summed E-state index contributed by atoms with van der Waals surface area (Å²) in [4.78, 5) is 12.4. The number of carbonyl (C=O) groups is 1. The van der Waals surface area contributed by atoms with Gasteiger partial charge in [0.2, 0.25) is 0 Å². The number of para-hydroxylation sites is 1. The highest BCUT2D eigenvalue weighted by molar-refractivity contribution is 7.92. The van der Waals surface area contributed by atoms with E-state index in [1.807, 2.05) is 19.9 Å². The quantitative estimate of drug-likeness (QED) is 0.822. The third-order valence-corrected chi connectivity index (χ3v) is 5.90. The minimum Gasteiger partial charge on any atom is -0.350 e. The van der Waals surface area contributed by atoms with Crippen LogP contribution >= 0.6 is 0 Å². The van der Waals surface area contributed by atoms with Crippen molar-refractivity contribution in [1.29, 1.82) is 0 Å². The fourth-order valence-electron chi connectivity index (χ4n) is 2.42. The van der Waals surface area contributed by atoms with E-state index in [2.05, 4.69) is 5.32 Å². The van der Waals surface area contributed by atoms with Gasteiger partial charge in [0.05, 0.1) is 10.6 Å². The highest BCUT2D eigenvalue weighted by atomic mass is 32.2. The van der Waals surface area contributed by atoms with Crippen molar-refractivity contribution in [2.45, 2.75) is 38.1 Å². The van der Waals surface area contributed by atoms with Gasteiger partial charge in [0.1, 0.15) is 0 Å². The number of nitrogens with one attached hydrogen (secondary N) is 1. The van der Waals surface area contributed by atoms with Crippen molar-refractivity contribution in [1.82, 2.24) is 5.32 Å². The average molecular weight is 360 g/mol. The van der Waals surface area contributed by atoms with Crippen molar-refractivity contribution in [3.8, 4) is 0 Å². The van der Waals surface area contributed by atoms with E-state index in [4.69, 9.17) is 0 Å². The maximum atomic E-state index is 13.0. The van der Waals surface area contributed by atoms with E-state index in [1.165, 1.54) is 16.4 Å². The molecule has 25 heavy (non-hydrogen) atoms. The topological polar surface area (TPSA) is 66.5 Å². The third-order valence-electron chi connectivity index (χ3n) is 4.01. The summed E-state index contributed by atoms with van der Waals surface area (Å²) in [5.74, 6) is -0.269. The first-order chi connectivity index (χ1) is 11.9. The van der Waals surface area contributed by atoms with E-state index in [-0.39, 0.29) is 16.8 Å². The summed E-state index contributed by atoms with van der Waals surface area (Å²) in [7, 11) is -3.74. The van der Waals surface area contributed by atoms with Crippen LogP contribution in [0.2, 0.25) is 0 Å². The first-order valence-electron chi connectivity index (χ1n) is 8.38. The Bertz CT molecular complexity index is 820. The molecule has 0 aliphatic rings. The molecule has 5 nitrogen and oxygen atoms in total. The first-order valence-corrected chi connectivity index (χ1v) is 9.82. The molecular weight excluding hydrogens is 336 g/mol. The molecule has 0 saturated heterocycles. The van der Waals surface area contributed by atoms with Crippen molar-refractivity contribution >= 4 is 21.6 Å². The minimum absolute atomic E-state index is 0.0317. The van der Waals surface area contributed by atoms with Gasteiger partial charge in [-0.2, -0.15) is 0 Å². The summed E-state index contributed by atoms with van der Waals surface area (Å²) in [6, 6.07) is 15.1. The van der Waals surface area contributed by atoms with Gasteiger partial charge in [-0.3, -0.25) is 9.10 Å². The van der Waals surface area contributed by atoms with E-state index in [1.54, 1.807) is 43.3 Å². The molecule has 6 heteroatoms. The summed E-state index contributed by atoms with van der Waals surface area (Å²) >= 11 is 0. The number of rotatable bonds is 7. The number of hydrogen-bond acceptors (Lipinski definition) is 3. The Morgan fingerprint density at radius 3 is 2.36 bits per heavy atom. The monoisotopic (exact) mass is 360 g/mol. The summed E-state index contributed by atoms with van der Waals surface area (Å²) in [6.07, 6.45) is 0.807. The molecule has 2 rings (SSSR count). The molecule has 0 bridgehead atoms. The molecule has 1 amide bonds. The second-order valence-electron chi connectivity index (χ2n) is 5.82. The van der Waals surface area contributed by atoms with Gasteiger partial charge in [-0.05, 0) is 50.6 Å². The van der Waals surface area contributed by atoms with Crippen molar-refractivity contribution < 1.29 is 13.2 Å². The maximum absolute atomic E-state index is 13.0. The van der Waals surface area contributed by atoms with E-state index in [0.29, 0.717) is 17.8 Å². The lowest BCUT2D eigenvalue weighted by atomic mass is 10.2. The molecule has 2 aromatic rings. The van der Waals surface area contributed by atoms with E-state index in [9.17, 15) is 13.2 Å². The van der Waals surface area contributed by atoms with Crippen LogP contribution < -0.4 is 9.62 Å². The highest BCUT2D eigenvalue weighted by Gasteiger charge is 2.24. The SMILES string of the molecule is CCC(C)NC(=O)c1cccc(S(=O)(=O)N(CC)c2ccccc2)c1. The van der Waals surface area contributed by atoms with Crippen molar-refractivity contribution in [2.24, 2.45) is 0 Å². The van der Waals surface area contributed by atoms with Gasteiger partial charge in [0.15, 0.2) is 0 Å². The van der Waals surface area contributed by atoms with Gasteiger partial charge in [-0.25, -0.2) is 8.42 Å². The molecule has 0 aliphatic carbocycles. The van der Waals surface area contributed by atoms with Gasteiger partial charge in [-0.15, -0.1) is 0 Å². The average Bonchev–Trinajstić information content (AvgIpc) is 2.63. The van der Waals surface area contributed by atoms with Gasteiger partial charge in [0, 0.05) is 18.2 Å². The molecule has 0 spiro atoms. The second-order valence-corrected chi connectivity index (χ2v) is 7.68. The summed E-state index contributed by atoms with van der Waals surface area (Å²) in [5, 5.41) is 2.85. The Kier molecular flexibility index (Phi) is 6.20. The standard InChI is InChI=1S/C19H24N2O3S/c1-4-15(3)20-19(22)16-10-9-13-18(14-16)25(23,24)21(5-2)17-11-7-6-8-12-17/h6-15H,4-5H2,1-3H3,(H,20,22). The number of anilines is 1. The van der Waals surface area contributed by atoms with Crippen molar-refractivity contribution in [2.75, 3.05) is 10.8 Å². The normalized spacial score (nSPS) is 12.4. The number of nitrogens with zero attached hydrogens (tertiary/aromatic N) is 1. The van der Waals surface area contributed by atoms with Gasteiger partial charge < -0.3 is 5.32 Å². The van der Waals surface area contributed by atoms with Gasteiger partial charge >= 0.3 is 0 Å². The number of carbonyl (C=O) groups excluding carboxylic acids is 1. The smallest absolute Gasteiger partial charge is 0.264 e. The molecule has 134 valence electrons. The Labute approximate surface area is 149 Å². The molecule has 0 aliphatic heterocycles. The molecule has 2 aromatic carbocycles. The fourth-order valence-corrected chi connectivity index (χ4v) is 3.94. The number of hydrogen-bond donors (Lipinski definition) is 1. The molecule has 1 unspecified atom stereocenters. The largest absolute Gasteiger partial charge is 0.350 e. The van der Waals surface area contributed by atoms with E-state index in [0.717, 1.165) is 6.42 Å². The molecule has 0 aromatic heterocycles. The van der Waals surface area contributed by atoms with Gasteiger partial charge in [0.25, 0.3) is 15.9 Å². The number of benzene rings is 2. The molecule has 1 atom stereocenters. The second kappa shape index (κ2) is 8.16. The van der Waals surface area contributed by atoms with Crippen LogP contribution in [0.15, 0.2) is 59.5 Å². The number of sulfonamides is 1. The molecule has 0 saturated carbocycles. The van der Waals surface area contributed by atoms with E-state index >= 15 is 0 Å². The summed E-state index contributed by atoms with van der Waals surface area (Å²) in [5.41, 5.74) is 0.935. The van der Waals surface area contributed by atoms with Crippen LogP contribution in [0.5, 0.6) is 0 Å². The predicted molar refractivity (Wildman–Crippen MR) is 100 cm³/mol. The van der Waals surface area contributed by atoms with Crippen LogP contribution in [-0.4, -0.2) is 26.9 Å². The molecule has 1 N–H and O–H groups in total. The summed E-state index contributed by atoms with van der Waals surface area (Å²) < 4.78 is 27.4. The Morgan fingerprint density at radius 2 is 1.76 bits per heavy atom. The molecule has 0 fully saturated rings. The first kappa shape index (κ1) is 19.0.